The number of rotatable bonds is 5. The second-order valence-electron chi connectivity index (χ2n) is 7.96. The summed E-state index contributed by atoms with van der Waals surface area (Å²) < 4.78 is 7.92. The number of ether oxygens (including phenoxy) is 1. The van der Waals surface area contributed by atoms with Gasteiger partial charge in [-0.25, -0.2) is 4.98 Å². The molecule has 0 radical (unpaired) electrons. The average Bonchev–Trinajstić information content (AvgIpc) is 3.35. The second-order valence-corrected chi connectivity index (χ2v) is 7.96. The lowest BCUT2D eigenvalue weighted by Crippen LogP contribution is -2.71. The Kier molecular flexibility index (Phi) is 4.83. The molecule has 3 aromatic rings. The fraction of sp³-hybridized carbons (Fsp3) is 0.292. The molecule has 2 aliphatic heterocycles. The van der Waals surface area contributed by atoms with E-state index in [4.69, 9.17) is 15.5 Å². The number of nitrogens with one attached hydrogen (secondary N) is 1. The molecular formula is C24H25N4O2+. The molecule has 0 saturated carbocycles. The highest BCUT2D eigenvalue weighted by Gasteiger charge is 2.36. The van der Waals surface area contributed by atoms with Crippen LogP contribution in [0.1, 0.15) is 41.5 Å². The van der Waals surface area contributed by atoms with Crippen LogP contribution < -0.4 is 15.5 Å². The lowest BCUT2D eigenvalue weighted by atomic mass is 9.84. The number of nitrogens with zero attached hydrogens (tertiary/aromatic N) is 2. The molecule has 2 unspecified atom stereocenters. The van der Waals surface area contributed by atoms with E-state index in [2.05, 4.69) is 11.2 Å². The van der Waals surface area contributed by atoms with Crippen molar-refractivity contribution in [3.63, 3.8) is 0 Å². The monoisotopic (exact) mass is 401 g/mol. The van der Waals surface area contributed by atoms with Gasteiger partial charge in [-0.05, 0) is 48.7 Å². The van der Waals surface area contributed by atoms with Gasteiger partial charge in [0.05, 0.1) is 0 Å². The lowest BCUT2D eigenvalue weighted by molar-refractivity contribution is -0.460. The summed E-state index contributed by atoms with van der Waals surface area (Å²) in [5.74, 6) is 3.03. The van der Waals surface area contributed by atoms with Crippen LogP contribution in [0.3, 0.4) is 0 Å². The predicted molar refractivity (Wildman–Crippen MR) is 115 cm³/mol. The first-order chi connectivity index (χ1) is 14.7. The molecule has 2 aliphatic rings. The minimum Gasteiger partial charge on any atom is -0.457 e. The van der Waals surface area contributed by atoms with E-state index in [0.717, 1.165) is 55.2 Å². The normalized spacial score (nSPS) is 20.1. The van der Waals surface area contributed by atoms with Crippen LogP contribution in [0, 0.1) is 5.92 Å². The Morgan fingerprint density at radius 3 is 2.53 bits per heavy atom. The topological polar surface area (TPSA) is 84.1 Å². The molecule has 1 amide bonds. The van der Waals surface area contributed by atoms with Gasteiger partial charge in [-0.3, -0.25) is 9.79 Å². The molecule has 30 heavy (non-hydrogen) atoms. The number of carbonyl (C=O) groups excluding carboxylic acids is 1. The largest absolute Gasteiger partial charge is 0.457 e. The molecule has 3 N–H and O–H groups in total. The standard InChI is InChI=1S/C24H24N4O2/c25-23(29)22-21(17-6-8-19(9-7-17)30-18-4-2-1-3-5-18)27-24-20(12-15-28(22)24)16-10-13-26-14-11-16/h1-9,13,16,20H,10-12,14-15H2,(H2,25,29)/p+1. The number of benzene rings is 2. The summed E-state index contributed by atoms with van der Waals surface area (Å²) in [4.78, 5) is 20.6. The van der Waals surface area contributed by atoms with Crippen molar-refractivity contribution < 1.29 is 14.5 Å². The van der Waals surface area contributed by atoms with E-state index in [1.54, 1.807) is 0 Å². The summed E-state index contributed by atoms with van der Waals surface area (Å²) in [6, 6.07) is 17.3. The number of primary amides is 1. The molecule has 2 atom stereocenters. The van der Waals surface area contributed by atoms with Crippen molar-refractivity contribution in [3.8, 4) is 22.8 Å². The summed E-state index contributed by atoms with van der Waals surface area (Å²) in [5.41, 5.74) is 7.85. The summed E-state index contributed by atoms with van der Waals surface area (Å²) in [6.45, 7) is 1.80. The molecule has 0 bridgehead atoms. The zero-order valence-corrected chi connectivity index (χ0v) is 16.8. The SMILES string of the molecule is NC(=O)c1c(-c2ccc(Oc3ccccc3)cc2)nc2n1CCC2C1CC=[NH+]CC1. The fourth-order valence-corrected chi connectivity index (χ4v) is 4.67. The second kappa shape index (κ2) is 7.78. The van der Waals surface area contributed by atoms with Gasteiger partial charge >= 0.3 is 0 Å². The van der Waals surface area contributed by atoms with Crippen LogP contribution in [0.25, 0.3) is 11.3 Å². The number of hydrogen-bond donors (Lipinski definition) is 2. The fourth-order valence-electron chi connectivity index (χ4n) is 4.67. The molecule has 5 rings (SSSR count). The first kappa shape index (κ1) is 18.6. The highest BCUT2D eigenvalue weighted by atomic mass is 16.5. The van der Waals surface area contributed by atoms with Crippen LogP contribution >= 0.6 is 0 Å². The van der Waals surface area contributed by atoms with Crippen LogP contribution in [-0.4, -0.2) is 28.2 Å². The highest BCUT2D eigenvalue weighted by Crippen LogP contribution is 2.40. The molecule has 152 valence electrons. The predicted octanol–water partition coefficient (Wildman–Crippen LogP) is 2.49. The average molecular weight is 401 g/mol. The van der Waals surface area contributed by atoms with Crippen LogP contribution in [0.2, 0.25) is 0 Å². The summed E-state index contributed by atoms with van der Waals surface area (Å²) in [6.07, 6.45) is 5.33. The maximum absolute atomic E-state index is 12.3. The van der Waals surface area contributed by atoms with Crippen molar-refractivity contribution in [2.75, 3.05) is 6.54 Å². The Hall–Kier alpha value is -3.41. The molecule has 0 spiro atoms. The molecule has 6 nitrogen and oxygen atoms in total. The van der Waals surface area contributed by atoms with Crippen LogP contribution in [0.4, 0.5) is 0 Å². The highest BCUT2D eigenvalue weighted by molar-refractivity contribution is 5.97. The number of amides is 1. The molecule has 6 heteroatoms. The van der Waals surface area contributed by atoms with Gasteiger partial charge in [-0.2, -0.15) is 0 Å². The Labute approximate surface area is 175 Å². The number of nitrogens with two attached hydrogens (primary N) is 1. The quantitative estimate of drug-likeness (QED) is 0.689. The molecule has 3 heterocycles. The summed E-state index contributed by atoms with van der Waals surface area (Å²) >= 11 is 0. The Bertz CT molecular complexity index is 1090. The third kappa shape index (κ3) is 3.38. The zero-order valence-electron chi connectivity index (χ0n) is 16.8. The van der Waals surface area contributed by atoms with E-state index in [1.165, 1.54) is 0 Å². The van der Waals surface area contributed by atoms with Gasteiger partial charge in [-0.1, -0.05) is 18.2 Å². The number of para-hydroxylation sites is 1. The zero-order chi connectivity index (χ0) is 20.5. The number of fused-ring (bicyclic) bond motifs is 1. The van der Waals surface area contributed by atoms with E-state index >= 15 is 0 Å². The molecule has 0 aliphatic carbocycles. The van der Waals surface area contributed by atoms with E-state index in [0.29, 0.717) is 23.2 Å². The van der Waals surface area contributed by atoms with Crippen molar-refractivity contribution in [2.24, 2.45) is 11.7 Å². The summed E-state index contributed by atoms with van der Waals surface area (Å²) in [7, 11) is 0. The van der Waals surface area contributed by atoms with Crippen molar-refractivity contribution in [2.45, 2.75) is 31.7 Å². The minimum absolute atomic E-state index is 0.371. The number of aromatic nitrogens is 2. The molecular weight excluding hydrogens is 376 g/mol. The Morgan fingerprint density at radius 1 is 1.07 bits per heavy atom. The summed E-state index contributed by atoms with van der Waals surface area (Å²) in [5, 5.41) is 0. The minimum atomic E-state index is -0.425. The number of carbonyl (C=O) groups is 1. The van der Waals surface area contributed by atoms with Crippen LogP contribution in [-0.2, 0) is 6.54 Å². The van der Waals surface area contributed by atoms with Gasteiger partial charge in [0.1, 0.15) is 41.5 Å². The molecule has 0 saturated heterocycles. The van der Waals surface area contributed by atoms with E-state index in [-0.39, 0.29) is 0 Å². The lowest BCUT2D eigenvalue weighted by Gasteiger charge is -2.20. The maximum Gasteiger partial charge on any atom is 0.267 e. The van der Waals surface area contributed by atoms with Crippen LogP contribution in [0.15, 0.2) is 54.6 Å². The van der Waals surface area contributed by atoms with Gasteiger partial charge in [-0.15, -0.1) is 0 Å². The Balaban J connectivity index is 1.46. The van der Waals surface area contributed by atoms with E-state index in [1.807, 2.05) is 59.2 Å². The molecule has 0 fully saturated rings. The third-order valence-corrected chi connectivity index (χ3v) is 6.13. The van der Waals surface area contributed by atoms with Gasteiger partial charge in [0.2, 0.25) is 0 Å². The van der Waals surface area contributed by atoms with E-state index < -0.39 is 5.91 Å². The number of imidazole rings is 1. The third-order valence-electron chi connectivity index (χ3n) is 6.13. The first-order valence-corrected chi connectivity index (χ1v) is 10.5. The van der Waals surface area contributed by atoms with Gasteiger partial charge in [0.25, 0.3) is 5.91 Å². The Morgan fingerprint density at radius 2 is 1.83 bits per heavy atom. The van der Waals surface area contributed by atoms with E-state index in [9.17, 15) is 4.79 Å². The van der Waals surface area contributed by atoms with Crippen LogP contribution in [0.5, 0.6) is 11.5 Å². The maximum atomic E-state index is 12.3. The molecule has 1 aromatic heterocycles. The number of hydrogen-bond acceptors (Lipinski definition) is 3. The van der Waals surface area contributed by atoms with Crippen molar-refractivity contribution >= 4 is 12.1 Å². The van der Waals surface area contributed by atoms with Gasteiger partial charge in [0.15, 0.2) is 0 Å². The van der Waals surface area contributed by atoms with Crippen molar-refractivity contribution in [1.29, 1.82) is 0 Å². The van der Waals surface area contributed by atoms with Crippen molar-refractivity contribution in [3.05, 3.63) is 66.1 Å². The molecule has 2 aromatic carbocycles. The van der Waals surface area contributed by atoms with Gasteiger partial charge < -0.3 is 15.0 Å². The van der Waals surface area contributed by atoms with Crippen molar-refractivity contribution in [1.82, 2.24) is 9.55 Å². The first-order valence-electron chi connectivity index (χ1n) is 10.5. The van der Waals surface area contributed by atoms with Gasteiger partial charge in [0, 0.05) is 30.9 Å². The smallest absolute Gasteiger partial charge is 0.267 e.